The van der Waals surface area contributed by atoms with Gasteiger partial charge in [0, 0.05) is 31.0 Å². The molecule has 2 heterocycles. The van der Waals surface area contributed by atoms with Crippen LogP contribution < -0.4 is 5.32 Å². The van der Waals surface area contributed by atoms with E-state index in [9.17, 15) is 14.7 Å². The lowest BCUT2D eigenvalue weighted by Crippen LogP contribution is -2.46. The Bertz CT molecular complexity index is 1010. The molecule has 3 aromatic rings. The molecule has 2 amide bonds. The average Bonchev–Trinajstić information content (AvgIpc) is 3.23. The topological polar surface area (TPSA) is 98.3 Å². The largest absolute Gasteiger partial charge is 0.465 e. The number of H-pyrrole nitrogens is 1. The van der Waals surface area contributed by atoms with Crippen LogP contribution in [0.15, 0.2) is 66.7 Å². The van der Waals surface area contributed by atoms with Crippen molar-refractivity contribution in [3.63, 3.8) is 0 Å². The number of carbonyl (C=O) groups excluding carboxylic acids is 1. The van der Waals surface area contributed by atoms with Crippen LogP contribution in [0.5, 0.6) is 0 Å². The van der Waals surface area contributed by atoms with Gasteiger partial charge in [-0.2, -0.15) is 5.10 Å². The number of aromatic nitrogens is 2. The third-order valence-electron chi connectivity index (χ3n) is 5.81. The van der Waals surface area contributed by atoms with Gasteiger partial charge in [-0.05, 0) is 24.0 Å². The van der Waals surface area contributed by atoms with Crippen LogP contribution in [0.4, 0.5) is 10.6 Å². The summed E-state index contributed by atoms with van der Waals surface area (Å²) in [5.41, 5.74) is 2.50. The first-order chi connectivity index (χ1) is 14.6. The van der Waals surface area contributed by atoms with Crippen molar-refractivity contribution in [2.75, 3.05) is 18.4 Å². The number of amides is 2. The van der Waals surface area contributed by atoms with Gasteiger partial charge < -0.3 is 15.3 Å². The maximum Gasteiger partial charge on any atom is 0.407 e. The molecule has 0 atom stereocenters. The van der Waals surface area contributed by atoms with E-state index in [4.69, 9.17) is 0 Å². The van der Waals surface area contributed by atoms with Gasteiger partial charge in [0.2, 0.25) is 5.91 Å². The lowest BCUT2D eigenvalue weighted by Gasteiger charge is -2.41. The summed E-state index contributed by atoms with van der Waals surface area (Å²) in [6, 6.07) is 21.5. The Morgan fingerprint density at radius 3 is 2.30 bits per heavy atom. The summed E-state index contributed by atoms with van der Waals surface area (Å²) in [5.74, 6) is 0.346. The van der Waals surface area contributed by atoms with E-state index in [1.165, 1.54) is 4.90 Å². The number of aromatic amines is 1. The summed E-state index contributed by atoms with van der Waals surface area (Å²) < 4.78 is 0. The number of likely N-dealkylation sites (tertiary alicyclic amines) is 1. The van der Waals surface area contributed by atoms with Crippen molar-refractivity contribution in [2.45, 2.75) is 24.7 Å². The number of rotatable bonds is 5. The highest BCUT2D eigenvalue weighted by molar-refractivity contribution is 5.91. The Labute approximate surface area is 174 Å². The van der Waals surface area contributed by atoms with Crippen LogP contribution >= 0.6 is 0 Å². The average molecular weight is 404 g/mol. The predicted molar refractivity (Wildman–Crippen MR) is 114 cm³/mol. The molecule has 30 heavy (non-hydrogen) atoms. The van der Waals surface area contributed by atoms with Crippen LogP contribution in [0, 0.1) is 0 Å². The van der Waals surface area contributed by atoms with Gasteiger partial charge >= 0.3 is 6.09 Å². The molecule has 0 radical (unpaired) electrons. The van der Waals surface area contributed by atoms with Gasteiger partial charge in [-0.1, -0.05) is 60.7 Å². The first kappa shape index (κ1) is 19.7. The first-order valence-corrected chi connectivity index (χ1v) is 10.00. The van der Waals surface area contributed by atoms with Crippen LogP contribution in [0.2, 0.25) is 0 Å². The Balaban J connectivity index is 1.49. The van der Waals surface area contributed by atoms with Gasteiger partial charge in [-0.15, -0.1) is 0 Å². The second-order valence-corrected chi connectivity index (χ2v) is 7.67. The molecule has 0 bridgehead atoms. The minimum Gasteiger partial charge on any atom is -0.465 e. The second kappa shape index (κ2) is 8.41. The van der Waals surface area contributed by atoms with Crippen LogP contribution in [0.3, 0.4) is 0 Å². The summed E-state index contributed by atoms with van der Waals surface area (Å²) in [4.78, 5) is 25.7. The molecule has 1 aromatic heterocycles. The lowest BCUT2D eigenvalue weighted by atomic mass is 9.70. The molecule has 0 unspecified atom stereocenters. The number of nitrogens with one attached hydrogen (secondary N) is 2. The van der Waals surface area contributed by atoms with E-state index >= 15 is 0 Å². The Morgan fingerprint density at radius 1 is 1.03 bits per heavy atom. The maximum atomic E-state index is 12.9. The van der Waals surface area contributed by atoms with E-state index in [0.29, 0.717) is 31.7 Å². The molecule has 3 N–H and O–H groups in total. The number of benzene rings is 2. The van der Waals surface area contributed by atoms with E-state index in [1.807, 2.05) is 66.7 Å². The molecule has 0 aliphatic carbocycles. The number of piperidine rings is 1. The normalized spacial score (nSPS) is 15.5. The number of anilines is 1. The molecule has 1 aliphatic heterocycles. The third-order valence-corrected chi connectivity index (χ3v) is 5.81. The van der Waals surface area contributed by atoms with Crippen molar-refractivity contribution in [3.8, 4) is 11.3 Å². The molecule has 154 valence electrons. The number of hydrogen-bond donors (Lipinski definition) is 3. The molecule has 7 heteroatoms. The van der Waals surface area contributed by atoms with Crippen molar-refractivity contribution in [3.05, 3.63) is 72.3 Å². The molecule has 1 fully saturated rings. The third kappa shape index (κ3) is 4.20. The number of nitrogens with zero attached hydrogens (tertiary/aromatic N) is 2. The van der Waals surface area contributed by atoms with Crippen LogP contribution in [-0.4, -0.2) is 45.3 Å². The molecule has 0 saturated carbocycles. The van der Waals surface area contributed by atoms with Gasteiger partial charge in [0.25, 0.3) is 0 Å². The molecular weight excluding hydrogens is 380 g/mol. The maximum absolute atomic E-state index is 12.9. The van der Waals surface area contributed by atoms with Crippen LogP contribution in [-0.2, 0) is 10.2 Å². The molecule has 1 aliphatic rings. The van der Waals surface area contributed by atoms with E-state index in [0.717, 1.165) is 16.8 Å². The zero-order chi connectivity index (χ0) is 21.0. The Morgan fingerprint density at radius 2 is 1.67 bits per heavy atom. The van der Waals surface area contributed by atoms with Crippen LogP contribution in [0.1, 0.15) is 24.8 Å². The molecule has 1 saturated heterocycles. The number of carboxylic acid groups (broad SMARTS) is 1. The lowest BCUT2D eigenvalue weighted by molar-refractivity contribution is -0.117. The Kier molecular flexibility index (Phi) is 5.52. The Hall–Kier alpha value is -3.61. The fraction of sp³-hybridized carbons (Fsp3) is 0.261. The highest BCUT2D eigenvalue weighted by Crippen LogP contribution is 2.39. The van der Waals surface area contributed by atoms with Crippen molar-refractivity contribution in [1.29, 1.82) is 0 Å². The van der Waals surface area contributed by atoms with Crippen molar-refractivity contribution < 1.29 is 14.7 Å². The first-order valence-electron chi connectivity index (χ1n) is 10.00. The predicted octanol–water partition coefficient (Wildman–Crippen LogP) is 4.12. The summed E-state index contributed by atoms with van der Waals surface area (Å²) in [5, 5.41) is 19.4. The number of hydrogen-bond acceptors (Lipinski definition) is 3. The summed E-state index contributed by atoms with van der Waals surface area (Å²) >= 11 is 0. The SMILES string of the molecule is O=C(CC1(c2ccccc2)CCN(C(=O)O)CC1)Nc1cc(-c2ccccc2)[nH]n1. The quantitative estimate of drug-likeness (QED) is 0.596. The molecule has 4 rings (SSSR count). The van der Waals surface area contributed by atoms with E-state index in [-0.39, 0.29) is 12.3 Å². The van der Waals surface area contributed by atoms with Crippen LogP contribution in [0.25, 0.3) is 11.3 Å². The summed E-state index contributed by atoms with van der Waals surface area (Å²) in [7, 11) is 0. The standard InChI is InChI=1S/C23H24N4O3/c28-21(24-20-15-19(25-26-20)17-7-3-1-4-8-17)16-23(18-9-5-2-6-10-18)11-13-27(14-12-23)22(29)30/h1-10,15H,11-14,16H2,(H,29,30)(H2,24,25,26,28). The van der Waals surface area contributed by atoms with Crippen molar-refractivity contribution in [1.82, 2.24) is 15.1 Å². The highest BCUT2D eigenvalue weighted by atomic mass is 16.4. The second-order valence-electron chi connectivity index (χ2n) is 7.67. The van der Waals surface area contributed by atoms with Gasteiger partial charge in [0.1, 0.15) is 0 Å². The molecular formula is C23H24N4O3. The fourth-order valence-corrected chi connectivity index (χ4v) is 4.13. The zero-order valence-electron chi connectivity index (χ0n) is 16.5. The van der Waals surface area contributed by atoms with E-state index < -0.39 is 11.5 Å². The van der Waals surface area contributed by atoms with Gasteiger partial charge in [0.05, 0.1) is 5.69 Å². The van der Waals surface area contributed by atoms with Gasteiger partial charge in [-0.3, -0.25) is 9.89 Å². The van der Waals surface area contributed by atoms with E-state index in [1.54, 1.807) is 0 Å². The fourth-order valence-electron chi connectivity index (χ4n) is 4.13. The highest BCUT2D eigenvalue weighted by Gasteiger charge is 2.39. The minimum absolute atomic E-state index is 0.131. The van der Waals surface area contributed by atoms with Crippen molar-refractivity contribution in [2.24, 2.45) is 0 Å². The molecule has 2 aromatic carbocycles. The van der Waals surface area contributed by atoms with E-state index in [2.05, 4.69) is 15.5 Å². The zero-order valence-corrected chi connectivity index (χ0v) is 16.5. The smallest absolute Gasteiger partial charge is 0.407 e. The van der Waals surface area contributed by atoms with Gasteiger partial charge in [0.15, 0.2) is 5.82 Å². The molecule has 0 spiro atoms. The minimum atomic E-state index is -0.911. The van der Waals surface area contributed by atoms with Crippen molar-refractivity contribution >= 4 is 17.8 Å². The summed E-state index contributed by atoms with van der Waals surface area (Å²) in [6.07, 6.45) is 0.572. The monoisotopic (exact) mass is 404 g/mol. The summed E-state index contributed by atoms with van der Waals surface area (Å²) in [6.45, 7) is 0.829. The number of carbonyl (C=O) groups is 2. The molecule has 7 nitrogen and oxygen atoms in total. The van der Waals surface area contributed by atoms with Gasteiger partial charge in [-0.25, -0.2) is 4.79 Å².